The third-order valence-electron chi connectivity index (χ3n) is 10.3. The molecule has 2 bridgehead atoms. The summed E-state index contributed by atoms with van der Waals surface area (Å²) < 4.78 is 22.5. The number of hydrogen-bond donors (Lipinski definition) is 4. The van der Waals surface area contributed by atoms with Crippen molar-refractivity contribution in [2.24, 2.45) is 0 Å². The quantitative estimate of drug-likeness (QED) is 0.154. The largest absolute Gasteiger partial charge is 0.381 e. The van der Waals surface area contributed by atoms with E-state index in [-0.39, 0.29) is 37.3 Å². The minimum Gasteiger partial charge on any atom is -0.381 e. The molecule has 3 aliphatic rings. The molecule has 0 spiro atoms. The van der Waals surface area contributed by atoms with Crippen LogP contribution in [0.15, 0.2) is 48.7 Å². The van der Waals surface area contributed by atoms with Gasteiger partial charge in [-0.1, -0.05) is 31.2 Å². The maximum absolute atomic E-state index is 15.1. The summed E-state index contributed by atoms with van der Waals surface area (Å²) in [5.74, 6) is -1.10. The van der Waals surface area contributed by atoms with E-state index in [2.05, 4.69) is 43.4 Å². The van der Waals surface area contributed by atoms with E-state index in [0.29, 0.717) is 43.8 Å². The van der Waals surface area contributed by atoms with Crippen LogP contribution in [0.2, 0.25) is 0 Å². The minimum atomic E-state index is -0.404. The highest BCUT2D eigenvalue weighted by Gasteiger charge is 2.37. The van der Waals surface area contributed by atoms with Gasteiger partial charge in [-0.15, -0.1) is 0 Å². The second-order valence-electron chi connectivity index (χ2n) is 13.7. The fourth-order valence-electron chi connectivity index (χ4n) is 7.58. The molecule has 264 valence electrons. The first-order valence-corrected chi connectivity index (χ1v) is 18.0. The predicted octanol–water partition coefficient (Wildman–Crippen LogP) is 4.28. The lowest BCUT2D eigenvalue weighted by molar-refractivity contribution is -0.129. The lowest BCUT2D eigenvalue weighted by Crippen LogP contribution is -2.42. The molecule has 11 nitrogen and oxygen atoms in total. The van der Waals surface area contributed by atoms with Gasteiger partial charge in [0, 0.05) is 87.4 Å². The van der Waals surface area contributed by atoms with Crippen LogP contribution in [-0.4, -0.2) is 75.9 Å². The number of halogens is 1. The number of amides is 2. The molecule has 2 aromatic heterocycles. The van der Waals surface area contributed by atoms with Crippen molar-refractivity contribution in [3.05, 3.63) is 76.9 Å². The second-order valence-corrected chi connectivity index (χ2v) is 13.7. The average molecular weight is 683 g/mol. The molecule has 2 atom stereocenters. The van der Waals surface area contributed by atoms with Gasteiger partial charge in [0.25, 0.3) is 0 Å². The number of aryl methyl sites for hydroxylation is 2. The number of ether oxygens (including phenoxy) is 1. The van der Waals surface area contributed by atoms with E-state index < -0.39 is 5.91 Å². The van der Waals surface area contributed by atoms with Crippen molar-refractivity contribution in [2.75, 3.05) is 31.6 Å². The summed E-state index contributed by atoms with van der Waals surface area (Å²) in [6.45, 7) is 9.52. The number of likely N-dealkylation sites (tertiary alicyclic amines) is 1. The molecule has 2 aromatic carbocycles. The van der Waals surface area contributed by atoms with Gasteiger partial charge in [-0.05, 0) is 67.5 Å². The van der Waals surface area contributed by atoms with Crippen LogP contribution in [0.4, 0.5) is 10.1 Å². The SMILES string of the molecule is CCc1nc2c(cnn2CC)c(NC2CCOCC2)c1CNC(=O)CC(=O)NCc1ccc(F)c(-c2cccc(CN3C[C@@H]4C[C@H]3CN4)c2)c1. The van der Waals surface area contributed by atoms with Crippen LogP contribution in [0.5, 0.6) is 0 Å². The molecule has 12 heteroatoms. The van der Waals surface area contributed by atoms with Gasteiger partial charge in [0.2, 0.25) is 11.8 Å². The zero-order chi connectivity index (χ0) is 34.6. The summed E-state index contributed by atoms with van der Waals surface area (Å²) in [6.07, 6.45) is 5.16. The number of nitrogens with one attached hydrogen (secondary N) is 4. The molecule has 2 amide bonds. The van der Waals surface area contributed by atoms with E-state index in [4.69, 9.17) is 9.72 Å². The number of carbonyl (C=O) groups excluding carboxylic acids is 2. The Bertz CT molecular complexity index is 1860. The summed E-state index contributed by atoms with van der Waals surface area (Å²) >= 11 is 0. The number of hydrogen-bond acceptors (Lipinski definition) is 8. The number of rotatable bonds is 13. The Morgan fingerprint density at radius 1 is 1.04 bits per heavy atom. The lowest BCUT2D eigenvalue weighted by atomic mass is 10.00. The van der Waals surface area contributed by atoms with Gasteiger partial charge in [0.15, 0.2) is 5.65 Å². The fourth-order valence-corrected chi connectivity index (χ4v) is 7.58. The van der Waals surface area contributed by atoms with Gasteiger partial charge in [0.1, 0.15) is 12.2 Å². The lowest BCUT2D eigenvalue weighted by Gasteiger charge is -2.27. The topological polar surface area (TPSA) is 125 Å². The molecule has 3 aliphatic heterocycles. The Balaban J connectivity index is 0.973. The van der Waals surface area contributed by atoms with Crippen molar-refractivity contribution in [3.63, 3.8) is 0 Å². The monoisotopic (exact) mass is 682 g/mol. The molecule has 5 heterocycles. The van der Waals surface area contributed by atoms with E-state index in [0.717, 1.165) is 77.1 Å². The highest BCUT2D eigenvalue weighted by molar-refractivity contribution is 5.97. The Kier molecular flexibility index (Phi) is 10.4. The number of piperazine rings is 1. The zero-order valence-electron chi connectivity index (χ0n) is 28.9. The molecule has 7 rings (SSSR count). The number of nitrogens with zero attached hydrogens (tertiary/aromatic N) is 4. The molecule has 0 aliphatic carbocycles. The van der Waals surface area contributed by atoms with Crippen molar-refractivity contribution in [1.29, 1.82) is 0 Å². The standard InChI is InChI=1S/C38H47FN8O3/c1-3-34-31(37(44-27-10-12-50-13-11-27)32-21-43-47(4-2)38(32)45-34)20-42-36(49)17-35(48)41-18-24-8-9-33(39)30(15-24)26-7-5-6-25(14-26)22-46-23-28-16-29(46)19-40-28/h5-9,14-15,21,27-29,40H,3-4,10-13,16-20,22-23H2,1-2H3,(H,41,48)(H,42,49)(H,44,45)/t28-,29-/m0/s1. The number of aromatic nitrogens is 3. The molecule has 4 aromatic rings. The van der Waals surface area contributed by atoms with Gasteiger partial charge in [0.05, 0.1) is 17.3 Å². The first-order chi connectivity index (χ1) is 24.4. The first-order valence-electron chi connectivity index (χ1n) is 18.0. The maximum Gasteiger partial charge on any atom is 0.229 e. The van der Waals surface area contributed by atoms with E-state index in [9.17, 15) is 9.59 Å². The Morgan fingerprint density at radius 2 is 1.86 bits per heavy atom. The third-order valence-corrected chi connectivity index (χ3v) is 10.3. The number of pyridine rings is 1. The molecule has 3 fully saturated rings. The van der Waals surface area contributed by atoms with Gasteiger partial charge in [-0.2, -0.15) is 5.10 Å². The van der Waals surface area contributed by atoms with Crippen LogP contribution < -0.4 is 21.3 Å². The molecular formula is C38H47FN8O3. The van der Waals surface area contributed by atoms with Crippen LogP contribution in [0.1, 0.15) is 61.9 Å². The normalized spacial score (nSPS) is 19.3. The van der Waals surface area contributed by atoms with Crippen molar-refractivity contribution >= 4 is 28.5 Å². The molecule has 0 unspecified atom stereocenters. The number of carbonyl (C=O) groups is 2. The van der Waals surface area contributed by atoms with E-state index >= 15 is 4.39 Å². The van der Waals surface area contributed by atoms with Crippen LogP contribution in [0.3, 0.4) is 0 Å². The summed E-state index contributed by atoms with van der Waals surface area (Å²) in [4.78, 5) is 33.3. The van der Waals surface area contributed by atoms with Crippen LogP contribution >= 0.6 is 0 Å². The van der Waals surface area contributed by atoms with Crippen LogP contribution in [0, 0.1) is 5.82 Å². The summed E-state index contributed by atoms with van der Waals surface area (Å²) in [6, 6.07) is 14.3. The Morgan fingerprint density at radius 3 is 2.60 bits per heavy atom. The highest BCUT2D eigenvalue weighted by atomic mass is 19.1. The fraction of sp³-hybridized carbons (Fsp3) is 0.474. The predicted molar refractivity (Wildman–Crippen MR) is 191 cm³/mol. The van der Waals surface area contributed by atoms with Gasteiger partial charge in [-0.25, -0.2) is 14.1 Å². The van der Waals surface area contributed by atoms with Gasteiger partial charge >= 0.3 is 0 Å². The smallest absolute Gasteiger partial charge is 0.229 e. The Labute approximate surface area is 292 Å². The molecule has 0 saturated carbocycles. The third kappa shape index (κ3) is 7.52. The molecule has 50 heavy (non-hydrogen) atoms. The molecule has 4 N–H and O–H groups in total. The van der Waals surface area contributed by atoms with Crippen molar-refractivity contribution in [2.45, 2.75) is 90.3 Å². The number of fused-ring (bicyclic) bond motifs is 3. The maximum atomic E-state index is 15.1. The van der Waals surface area contributed by atoms with Crippen molar-refractivity contribution in [3.8, 4) is 11.1 Å². The van der Waals surface area contributed by atoms with Crippen LogP contribution in [-0.2, 0) is 46.9 Å². The van der Waals surface area contributed by atoms with E-state index in [1.807, 2.05) is 36.9 Å². The summed E-state index contributed by atoms with van der Waals surface area (Å²) in [5.41, 5.74) is 6.75. The minimum absolute atomic E-state index is 0.185. The number of anilines is 1. The number of benzene rings is 2. The first kappa shape index (κ1) is 34.1. The van der Waals surface area contributed by atoms with E-state index in [1.54, 1.807) is 12.1 Å². The molecule has 0 radical (unpaired) electrons. The van der Waals surface area contributed by atoms with Gasteiger partial charge in [-0.3, -0.25) is 14.5 Å². The van der Waals surface area contributed by atoms with Gasteiger partial charge < -0.3 is 26.0 Å². The summed E-state index contributed by atoms with van der Waals surface area (Å²) in [5, 5.41) is 18.5. The van der Waals surface area contributed by atoms with Crippen molar-refractivity contribution in [1.82, 2.24) is 35.6 Å². The second kappa shape index (κ2) is 15.2. The van der Waals surface area contributed by atoms with E-state index in [1.165, 1.54) is 12.5 Å². The highest BCUT2D eigenvalue weighted by Crippen LogP contribution is 2.32. The van der Waals surface area contributed by atoms with Crippen molar-refractivity contribution < 1.29 is 18.7 Å². The Hall–Kier alpha value is -4.39. The molecular weight excluding hydrogens is 635 g/mol. The van der Waals surface area contributed by atoms with Crippen LogP contribution in [0.25, 0.3) is 22.2 Å². The summed E-state index contributed by atoms with van der Waals surface area (Å²) in [7, 11) is 0. The zero-order valence-corrected chi connectivity index (χ0v) is 28.9. The molecule has 3 saturated heterocycles. The average Bonchev–Trinajstić information content (AvgIpc) is 3.87.